The van der Waals surface area contributed by atoms with Crippen LogP contribution < -0.4 is 10.5 Å². The second kappa shape index (κ2) is 5.39. The van der Waals surface area contributed by atoms with E-state index in [4.69, 9.17) is 10.5 Å². The van der Waals surface area contributed by atoms with Crippen LogP contribution in [0.3, 0.4) is 0 Å². The summed E-state index contributed by atoms with van der Waals surface area (Å²) in [5, 5.41) is 9.20. The van der Waals surface area contributed by atoms with Crippen molar-refractivity contribution in [2.24, 2.45) is 0 Å². The van der Waals surface area contributed by atoms with Crippen LogP contribution in [0.25, 0.3) is 11.1 Å². The van der Waals surface area contributed by atoms with Gasteiger partial charge in [0.2, 0.25) is 0 Å². The molecule has 1 heterocycles. The molecule has 0 amide bonds. The molecule has 3 N–H and O–H groups in total. The Morgan fingerprint density at radius 1 is 1.32 bits per heavy atom. The van der Waals surface area contributed by atoms with Gasteiger partial charge in [0.15, 0.2) is 0 Å². The number of hydrogen-bond donors (Lipinski definition) is 2. The molecule has 0 spiro atoms. The number of nitrogens with two attached hydrogens (primary N) is 1. The largest absolute Gasteiger partial charge is 0.494 e. The van der Waals surface area contributed by atoms with Gasteiger partial charge in [0.25, 0.3) is 0 Å². The Labute approximate surface area is 110 Å². The predicted molar refractivity (Wildman–Crippen MR) is 72.2 cm³/mol. The van der Waals surface area contributed by atoms with Crippen molar-refractivity contribution in [1.29, 1.82) is 0 Å². The van der Waals surface area contributed by atoms with E-state index in [2.05, 4.69) is 4.98 Å². The fourth-order valence-corrected chi connectivity index (χ4v) is 1.84. The SMILES string of the molecule is CCOc1ccc(-c2ccnc(N)c2C(=O)O)cc1. The molecule has 0 unspecified atom stereocenters. The third-order valence-corrected chi connectivity index (χ3v) is 2.67. The Bertz CT molecular complexity index is 594. The zero-order valence-corrected chi connectivity index (χ0v) is 10.5. The van der Waals surface area contributed by atoms with Crippen molar-refractivity contribution in [2.45, 2.75) is 6.92 Å². The normalized spacial score (nSPS) is 10.2. The first-order valence-electron chi connectivity index (χ1n) is 5.84. The van der Waals surface area contributed by atoms with Crippen LogP contribution in [0.2, 0.25) is 0 Å². The van der Waals surface area contributed by atoms with Crippen molar-refractivity contribution in [1.82, 2.24) is 4.98 Å². The molecule has 0 aliphatic carbocycles. The minimum Gasteiger partial charge on any atom is -0.494 e. The Morgan fingerprint density at radius 3 is 2.58 bits per heavy atom. The maximum atomic E-state index is 11.2. The second-order valence-electron chi connectivity index (χ2n) is 3.88. The van der Waals surface area contributed by atoms with Crippen LogP contribution in [0, 0.1) is 0 Å². The molecule has 0 bridgehead atoms. The lowest BCUT2D eigenvalue weighted by Crippen LogP contribution is -2.06. The number of carbonyl (C=O) groups is 1. The molecule has 0 fully saturated rings. The average molecular weight is 258 g/mol. The monoisotopic (exact) mass is 258 g/mol. The zero-order valence-electron chi connectivity index (χ0n) is 10.5. The number of nitrogen functional groups attached to an aromatic ring is 1. The van der Waals surface area contributed by atoms with Crippen molar-refractivity contribution in [3.63, 3.8) is 0 Å². The summed E-state index contributed by atoms with van der Waals surface area (Å²) in [7, 11) is 0. The van der Waals surface area contributed by atoms with E-state index in [1.54, 1.807) is 30.3 Å². The zero-order chi connectivity index (χ0) is 13.8. The lowest BCUT2D eigenvalue weighted by atomic mass is 10.0. The molecular weight excluding hydrogens is 244 g/mol. The second-order valence-corrected chi connectivity index (χ2v) is 3.88. The molecule has 98 valence electrons. The summed E-state index contributed by atoms with van der Waals surface area (Å²) in [5.74, 6) is -0.335. The van der Waals surface area contributed by atoms with Crippen LogP contribution in [0.4, 0.5) is 5.82 Å². The lowest BCUT2D eigenvalue weighted by molar-refractivity contribution is 0.0698. The number of carboxylic acids is 1. The van der Waals surface area contributed by atoms with Gasteiger partial charge in [-0.1, -0.05) is 12.1 Å². The molecule has 0 saturated heterocycles. The highest BCUT2D eigenvalue weighted by atomic mass is 16.5. The van der Waals surface area contributed by atoms with Gasteiger partial charge < -0.3 is 15.6 Å². The molecular formula is C14H14N2O3. The Balaban J connectivity index is 2.47. The minimum absolute atomic E-state index is 0.0129. The summed E-state index contributed by atoms with van der Waals surface area (Å²) in [6.07, 6.45) is 1.49. The molecule has 0 atom stereocenters. The van der Waals surface area contributed by atoms with E-state index < -0.39 is 5.97 Å². The first kappa shape index (κ1) is 12.9. The van der Waals surface area contributed by atoms with Crippen molar-refractivity contribution in [3.05, 3.63) is 42.1 Å². The van der Waals surface area contributed by atoms with Crippen molar-refractivity contribution < 1.29 is 14.6 Å². The Kier molecular flexibility index (Phi) is 3.66. The van der Waals surface area contributed by atoms with Crippen molar-refractivity contribution in [3.8, 4) is 16.9 Å². The molecule has 0 aliphatic heterocycles. The summed E-state index contributed by atoms with van der Waals surface area (Å²) in [4.78, 5) is 15.0. The molecule has 0 aliphatic rings. The predicted octanol–water partition coefficient (Wildman–Crippen LogP) is 2.43. The van der Waals surface area contributed by atoms with Gasteiger partial charge in [-0.05, 0) is 30.7 Å². The van der Waals surface area contributed by atoms with Crippen LogP contribution in [-0.4, -0.2) is 22.7 Å². The van der Waals surface area contributed by atoms with Crippen LogP contribution in [-0.2, 0) is 0 Å². The van der Waals surface area contributed by atoms with E-state index in [1.165, 1.54) is 6.20 Å². The van der Waals surface area contributed by atoms with Crippen LogP contribution in [0.5, 0.6) is 5.75 Å². The first-order valence-corrected chi connectivity index (χ1v) is 5.84. The highest BCUT2D eigenvalue weighted by Crippen LogP contribution is 2.28. The molecule has 5 nitrogen and oxygen atoms in total. The number of hydrogen-bond acceptors (Lipinski definition) is 4. The number of nitrogens with zero attached hydrogens (tertiary/aromatic N) is 1. The molecule has 2 aromatic rings. The third kappa shape index (κ3) is 2.65. The van der Waals surface area contributed by atoms with Crippen molar-refractivity contribution >= 4 is 11.8 Å². The van der Waals surface area contributed by atoms with E-state index in [-0.39, 0.29) is 11.4 Å². The Morgan fingerprint density at radius 2 is 2.00 bits per heavy atom. The summed E-state index contributed by atoms with van der Waals surface area (Å²) in [5.41, 5.74) is 6.94. The standard InChI is InChI=1S/C14H14N2O3/c1-2-19-10-5-3-9(4-6-10)11-7-8-16-13(15)12(11)14(17)18/h3-8H,2H2,1H3,(H2,15,16)(H,17,18). The van der Waals surface area contributed by atoms with Gasteiger partial charge in [0, 0.05) is 11.8 Å². The molecule has 1 aromatic heterocycles. The van der Waals surface area contributed by atoms with Gasteiger partial charge in [-0.15, -0.1) is 0 Å². The van der Waals surface area contributed by atoms with E-state index in [9.17, 15) is 9.90 Å². The lowest BCUT2D eigenvalue weighted by Gasteiger charge is -2.09. The topological polar surface area (TPSA) is 85.4 Å². The van der Waals surface area contributed by atoms with E-state index in [0.717, 1.165) is 11.3 Å². The van der Waals surface area contributed by atoms with E-state index >= 15 is 0 Å². The van der Waals surface area contributed by atoms with Crippen LogP contribution in [0.1, 0.15) is 17.3 Å². The quantitative estimate of drug-likeness (QED) is 0.879. The summed E-state index contributed by atoms with van der Waals surface area (Å²) in [6.45, 7) is 2.49. The Hall–Kier alpha value is -2.56. The number of rotatable bonds is 4. The fourth-order valence-electron chi connectivity index (χ4n) is 1.84. The number of aromatic nitrogens is 1. The number of anilines is 1. The molecule has 1 aromatic carbocycles. The third-order valence-electron chi connectivity index (χ3n) is 2.67. The van der Waals surface area contributed by atoms with Gasteiger partial charge in [0.05, 0.1) is 6.61 Å². The summed E-state index contributed by atoms with van der Waals surface area (Å²) < 4.78 is 5.34. The smallest absolute Gasteiger partial charge is 0.340 e. The first-order chi connectivity index (χ1) is 9.13. The molecule has 5 heteroatoms. The van der Waals surface area contributed by atoms with Gasteiger partial charge in [-0.2, -0.15) is 0 Å². The van der Waals surface area contributed by atoms with Crippen LogP contribution in [0.15, 0.2) is 36.5 Å². The van der Waals surface area contributed by atoms with E-state index in [1.807, 2.05) is 6.92 Å². The van der Waals surface area contributed by atoms with Gasteiger partial charge in [-0.25, -0.2) is 9.78 Å². The fraction of sp³-hybridized carbons (Fsp3) is 0.143. The summed E-state index contributed by atoms with van der Waals surface area (Å²) in [6, 6.07) is 8.82. The molecule has 19 heavy (non-hydrogen) atoms. The maximum Gasteiger partial charge on any atom is 0.340 e. The van der Waals surface area contributed by atoms with Gasteiger partial charge in [0.1, 0.15) is 17.1 Å². The number of carboxylic acid groups (broad SMARTS) is 1. The number of aromatic carboxylic acids is 1. The average Bonchev–Trinajstić information content (AvgIpc) is 2.39. The molecule has 2 rings (SSSR count). The number of pyridine rings is 1. The minimum atomic E-state index is -1.09. The maximum absolute atomic E-state index is 11.2. The number of ether oxygens (including phenoxy) is 1. The van der Waals surface area contributed by atoms with E-state index in [0.29, 0.717) is 12.2 Å². The highest BCUT2D eigenvalue weighted by Gasteiger charge is 2.16. The number of benzene rings is 1. The van der Waals surface area contributed by atoms with Crippen molar-refractivity contribution in [2.75, 3.05) is 12.3 Å². The van der Waals surface area contributed by atoms with Gasteiger partial charge in [-0.3, -0.25) is 0 Å². The van der Waals surface area contributed by atoms with Gasteiger partial charge >= 0.3 is 5.97 Å². The molecule has 0 saturated carbocycles. The molecule has 0 radical (unpaired) electrons. The summed E-state index contributed by atoms with van der Waals surface area (Å²) >= 11 is 0. The van der Waals surface area contributed by atoms with Crippen LogP contribution >= 0.6 is 0 Å². The highest BCUT2D eigenvalue weighted by molar-refractivity contribution is 6.00.